The third-order valence-electron chi connectivity index (χ3n) is 3.83. The van der Waals surface area contributed by atoms with Gasteiger partial charge in [0.1, 0.15) is 0 Å². The first-order chi connectivity index (χ1) is 13.2. The highest BCUT2D eigenvalue weighted by molar-refractivity contribution is 6.33. The first-order valence-corrected chi connectivity index (χ1v) is 8.20. The molecule has 0 aromatic heterocycles. The Morgan fingerprint density at radius 2 is 1.75 bits per heavy atom. The van der Waals surface area contributed by atoms with Crippen LogP contribution < -0.4 is 10.2 Å². The molecule has 144 valence electrons. The van der Waals surface area contributed by atoms with Crippen molar-refractivity contribution in [3.05, 3.63) is 59.1 Å². The number of nitrogens with zero attached hydrogens (tertiary/aromatic N) is 2. The molecule has 1 atom stereocenters. The highest BCUT2D eigenvalue weighted by Gasteiger charge is 2.40. The second-order valence-electron chi connectivity index (χ2n) is 5.75. The zero-order chi connectivity index (χ0) is 20.5. The van der Waals surface area contributed by atoms with Gasteiger partial charge in [0.2, 0.25) is 5.91 Å². The minimum atomic E-state index is -4.55. The zero-order valence-electron chi connectivity index (χ0n) is 13.9. The number of carbonyl (C=O) groups is 3. The Morgan fingerprint density at radius 3 is 2.39 bits per heavy atom. The minimum Gasteiger partial charge on any atom is -0.276 e. The Balaban J connectivity index is 1.88. The third-order valence-corrected chi connectivity index (χ3v) is 4.09. The molecule has 1 saturated heterocycles. The van der Waals surface area contributed by atoms with Gasteiger partial charge in [-0.25, -0.2) is 9.69 Å². The van der Waals surface area contributed by atoms with Crippen molar-refractivity contribution in [1.29, 1.82) is 0 Å². The fraction of sp³-hybridized carbons (Fsp3) is 0.111. The van der Waals surface area contributed by atoms with Crippen LogP contribution in [0.1, 0.15) is 5.56 Å². The molecule has 1 N–H and O–H groups in total. The molecule has 0 bridgehead atoms. The summed E-state index contributed by atoms with van der Waals surface area (Å²) in [6.45, 7) is 0. The second kappa shape index (κ2) is 7.43. The van der Waals surface area contributed by atoms with E-state index in [0.29, 0.717) is 5.02 Å². The summed E-state index contributed by atoms with van der Waals surface area (Å²) in [5.74, 6) is -3.29. The lowest BCUT2D eigenvalue weighted by atomic mass is 10.1. The van der Waals surface area contributed by atoms with E-state index in [0.717, 1.165) is 29.3 Å². The summed E-state index contributed by atoms with van der Waals surface area (Å²) in [6, 6.07) is 8.90. The molecule has 0 spiro atoms. The van der Waals surface area contributed by atoms with E-state index in [1.165, 1.54) is 30.3 Å². The van der Waals surface area contributed by atoms with Gasteiger partial charge in [0.15, 0.2) is 5.92 Å². The van der Waals surface area contributed by atoms with E-state index in [1.807, 2.05) is 5.32 Å². The number of amides is 4. The average Bonchev–Trinajstić information content (AvgIpc) is 2.62. The standard InChI is InChI=1S/C18H11ClF3N3O3/c19-11-4-6-13(7-5-11)25-16(27)14(15(26)24-17(25)28)9-23-12-3-1-2-10(8-12)18(20,21)22/h1-9,14H,(H,24,26,28)/t14-/m1/s1. The number of halogens is 4. The molecular formula is C18H11ClF3N3O3. The average molecular weight is 410 g/mol. The summed E-state index contributed by atoms with van der Waals surface area (Å²) >= 11 is 5.78. The molecule has 0 unspecified atom stereocenters. The van der Waals surface area contributed by atoms with E-state index in [2.05, 4.69) is 4.99 Å². The zero-order valence-corrected chi connectivity index (χ0v) is 14.7. The van der Waals surface area contributed by atoms with Crippen molar-refractivity contribution in [2.24, 2.45) is 10.9 Å². The van der Waals surface area contributed by atoms with E-state index in [-0.39, 0.29) is 11.4 Å². The van der Waals surface area contributed by atoms with Crippen LogP contribution in [0.2, 0.25) is 5.02 Å². The maximum atomic E-state index is 12.8. The van der Waals surface area contributed by atoms with Gasteiger partial charge in [0, 0.05) is 11.2 Å². The number of benzene rings is 2. The summed E-state index contributed by atoms with van der Waals surface area (Å²) in [5.41, 5.74) is -0.832. The van der Waals surface area contributed by atoms with Gasteiger partial charge >= 0.3 is 12.2 Å². The van der Waals surface area contributed by atoms with Crippen molar-refractivity contribution < 1.29 is 27.6 Å². The number of aliphatic imine (C=N–C) groups is 1. The minimum absolute atomic E-state index is 0.0923. The molecule has 1 aliphatic heterocycles. The summed E-state index contributed by atoms with van der Waals surface area (Å²) in [4.78, 5) is 41.2. The lowest BCUT2D eigenvalue weighted by Gasteiger charge is -2.28. The molecule has 3 rings (SSSR count). The van der Waals surface area contributed by atoms with E-state index in [1.54, 1.807) is 0 Å². The van der Waals surface area contributed by atoms with Crippen LogP contribution in [0.25, 0.3) is 0 Å². The molecule has 6 nitrogen and oxygen atoms in total. The van der Waals surface area contributed by atoms with Crippen LogP contribution >= 0.6 is 11.6 Å². The van der Waals surface area contributed by atoms with Gasteiger partial charge in [0.05, 0.1) is 16.9 Å². The first kappa shape index (κ1) is 19.6. The molecule has 2 aromatic rings. The fourth-order valence-electron chi connectivity index (χ4n) is 2.48. The van der Waals surface area contributed by atoms with Crippen molar-refractivity contribution in [3.8, 4) is 0 Å². The molecule has 0 saturated carbocycles. The second-order valence-corrected chi connectivity index (χ2v) is 6.18. The predicted molar refractivity (Wildman–Crippen MR) is 95.6 cm³/mol. The Morgan fingerprint density at radius 1 is 1.07 bits per heavy atom. The Labute approximate surface area is 161 Å². The Bertz CT molecular complexity index is 974. The van der Waals surface area contributed by atoms with Crippen LogP contribution in [0.5, 0.6) is 0 Å². The van der Waals surface area contributed by atoms with Gasteiger partial charge in [-0.15, -0.1) is 0 Å². The van der Waals surface area contributed by atoms with Crippen molar-refractivity contribution >= 4 is 47.0 Å². The molecule has 2 aromatic carbocycles. The molecule has 10 heteroatoms. The Kier molecular flexibility index (Phi) is 5.19. The number of hydrogen-bond donors (Lipinski definition) is 1. The summed E-state index contributed by atoms with van der Waals surface area (Å²) in [5, 5.41) is 2.40. The van der Waals surface area contributed by atoms with Gasteiger partial charge < -0.3 is 0 Å². The van der Waals surface area contributed by atoms with Crippen LogP contribution in [-0.2, 0) is 15.8 Å². The fourth-order valence-corrected chi connectivity index (χ4v) is 2.61. The topological polar surface area (TPSA) is 78.8 Å². The molecule has 1 fully saturated rings. The molecular weight excluding hydrogens is 399 g/mol. The molecule has 0 radical (unpaired) electrons. The molecule has 0 aliphatic carbocycles. The van der Waals surface area contributed by atoms with Crippen molar-refractivity contribution in [1.82, 2.24) is 5.32 Å². The number of urea groups is 1. The van der Waals surface area contributed by atoms with Gasteiger partial charge in [-0.1, -0.05) is 17.7 Å². The Hall–Kier alpha value is -3.20. The van der Waals surface area contributed by atoms with Gasteiger partial charge in [-0.3, -0.25) is 19.9 Å². The molecule has 4 amide bonds. The van der Waals surface area contributed by atoms with Gasteiger partial charge in [-0.2, -0.15) is 13.2 Å². The van der Waals surface area contributed by atoms with Crippen molar-refractivity contribution in [2.75, 3.05) is 4.90 Å². The van der Waals surface area contributed by atoms with Crippen LogP contribution in [0, 0.1) is 5.92 Å². The molecule has 1 aliphatic rings. The lowest BCUT2D eigenvalue weighted by molar-refractivity contribution is -0.137. The number of alkyl halides is 3. The lowest BCUT2D eigenvalue weighted by Crippen LogP contribution is -2.58. The number of barbiturate groups is 1. The van der Waals surface area contributed by atoms with Crippen LogP contribution in [0.4, 0.5) is 29.3 Å². The number of rotatable bonds is 3. The smallest absolute Gasteiger partial charge is 0.276 e. The highest BCUT2D eigenvalue weighted by atomic mass is 35.5. The van der Waals surface area contributed by atoms with Crippen molar-refractivity contribution in [3.63, 3.8) is 0 Å². The quantitative estimate of drug-likeness (QED) is 0.615. The van der Waals surface area contributed by atoms with Crippen LogP contribution in [-0.4, -0.2) is 24.1 Å². The summed E-state index contributed by atoms with van der Waals surface area (Å²) in [7, 11) is 0. The summed E-state index contributed by atoms with van der Waals surface area (Å²) in [6.07, 6.45) is -3.65. The van der Waals surface area contributed by atoms with E-state index >= 15 is 0 Å². The third kappa shape index (κ3) is 4.04. The number of carbonyl (C=O) groups excluding carboxylic acids is 3. The van der Waals surface area contributed by atoms with Crippen LogP contribution in [0.15, 0.2) is 53.5 Å². The van der Waals surface area contributed by atoms with E-state index in [4.69, 9.17) is 11.6 Å². The SMILES string of the molecule is O=C1NC(=O)N(c2ccc(Cl)cc2)C(=O)[C@@H]1C=Nc1cccc(C(F)(F)F)c1. The maximum Gasteiger partial charge on any atom is 0.416 e. The highest BCUT2D eigenvalue weighted by Crippen LogP contribution is 2.31. The number of anilines is 1. The number of nitrogens with one attached hydrogen (secondary N) is 1. The van der Waals surface area contributed by atoms with E-state index in [9.17, 15) is 27.6 Å². The largest absolute Gasteiger partial charge is 0.416 e. The number of hydrogen-bond acceptors (Lipinski definition) is 4. The maximum absolute atomic E-state index is 12.8. The first-order valence-electron chi connectivity index (χ1n) is 7.82. The van der Waals surface area contributed by atoms with Crippen molar-refractivity contribution in [2.45, 2.75) is 6.18 Å². The number of imide groups is 2. The van der Waals surface area contributed by atoms with Gasteiger partial charge in [0.25, 0.3) is 5.91 Å². The molecule has 1 heterocycles. The predicted octanol–water partition coefficient (Wildman–Crippen LogP) is 3.96. The van der Waals surface area contributed by atoms with E-state index < -0.39 is 35.5 Å². The summed E-state index contributed by atoms with van der Waals surface area (Å²) < 4.78 is 38.3. The van der Waals surface area contributed by atoms with Gasteiger partial charge in [-0.05, 0) is 42.5 Å². The monoisotopic (exact) mass is 409 g/mol. The van der Waals surface area contributed by atoms with Crippen LogP contribution in [0.3, 0.4) is 0 Å². The molecule has 28 heavy (non-hydrogen) atoms. The normalized spacial score (nSPS) is 17.9.